The van der Waals surface area contributed by atoms with E-state index < -0.39 is 0 Å². The van der Waals surface area contributed by atoms with Gasteiger partial charge >= 0.3 is 0 Å². The van der Waals surface area contributed by atoms with Crippen LogP contribution in [0.4, 0.5) is 0 Å². The number of carbonyl (C=O) groups excluding carboxylic acids is 1. The standard InChI is InChI=1S/C9H14N2OS/c1-3-4-8(12)7-13-9-5-10-11(2)6-9/h5-6H,3-4,7H2,1-2H3. The van der Waals surface area contributed by atoms with Crippen molar-refractivity contribution in [1.29, 1.82) is 0 Å². The molecular weight excluding hydrogens is 184 g/mol. The molecule has 0 saturated heterocycles. The molecule has 1 aromatic heterocycles. The Kier molecular flexibility index (Phi) is 4.02. The number of nitrogens with zero attached hydrogens (tertiary/aromatic N) is 2. The predicted molar refractivity (Wildman–Crippen MR) is 53.8 cm³/mol. The molecule has 0 aromatic carbocycles. The van der Waals surface area contributed by atoms with Crippen molar-refractivity contribution in [2.24, 2.45) is 7.05 Å². The Morgan fingerprint density at radius 3 is 3.00 bits per heavy atom. The summed E-state index contributed by atoms with van der Waals surface area (Å²) >= 11 is 1.56. The molecule has 1 rings (SSSR count). The largest absolute Gasteiger partial charge is 0.299 e. The van der Waals surface area contributed by atoms with E-state index in [0.717, 1.165) is 11.3 Å². The monoisotopic (exact) mass is 198 g/mol. The molecule has 0 bridgehead atoms. The Hall–Kier alpha value is -0.770. The van der Waals surface area contributed by atoms with Gasteiger partial charge in [0.1, 0.15) is 5.78 Å². The Morgan fingerprint density at radius 1 is 1.69 bits per heavy atom. The fourth-order valence-corrected chi connectivity index (χ4v) is 1.81. The Balaban J connectivity index is 2.30. The van der Waals surface area contributed by atoms with Crippen molar-refractivity contribution in [3.05, 3.63) is 12.4 Å². The third-order valence-electron chi connectivity index (χ3n) is 1.61. The second-order valence-electron chi connectivity index (χ2n) is 2.93. The summed E-state index contributed by atoms with van der Waals surface area (Å²) in [6.45, 7) is 2.02. The second-order valence-corrected chi connectivity index (χ2v) is 3.98. The average Bonchev–Trinajstić information content (AvgIpc) is 2.49. The summed E-state index contributed by atoms with van der Waals surface area (Å²) in [5.41, 5.74) is 0. The topological polar surface area (TPSA) is 34.9 Å². The van der Waals surface area contributed by atoms with Crippen LogP contribution in [0, 0.1) is 0 Å². The lowest BCUT2D eigenvalue weighted by Gasteiger charge is -1.95. The Morgan fingerprint density at radius 2 is 2.46 bits per heavy atom. The van der Waals surface area contributed by atoms with Crippen molar-refractivity contribution in [3.63, 3.8) is 0 Å². The molecule has 0 radical (unpaired) electrons. The van der Waals surface area contributed by atoms with Gasteiger partial charge in [-0.2, -0.15) is 5.10 Å². The Bertz CT molecular complexity index is 283. The molecule has 0 aliphatic rings. The van der Waals surface area contributed by atoms with E-state index >= 15 is 0 Å². The molecule has 0 saturated carbocycles. The van der Waals surface area contributed by atoms with E-state index in [4.69, 9.17) is 0 Å². The van der Waals surface area contributed by atoms with Crippen molar-refractivity contribution >= 4 is 17.5 Å². The van der Waals surface area contributed by atoms with Crippen molar-refractivity contribution in [2.75, 3.05) is 5.75 Å². The molecule has 0 amide bonds. The van der Waals surface area contributed by atoms with Crippen LogP contribution in [0.25, 0.3) is 0 Å². The second kappa shape index (κ2) is 5.07. The number of aryl methyl sites for hydroxylation is 1. The first-order chi connectivity index (χ1) is 6.22. The van der Waals surface area contributed by atoms with Gasteiger partial charge in [0.25, 0.3) is 0 Å². The zero-order valence-electron chi connectivity index (χ0n) is 7.99. The van der Waals surface area contributed by atoms with Crippen molar-refractivity contribution in [3.8, 4) is 0 Å². The molecule has 0 aliphatic heterocycles. The number of ketones is 1. The number of Topliss-reactive ketones (excluding diaryl/α,β-unsaturated/α-hetero) is 1. The summed E-state index contributed by atoms with van der Waals surface area (Å²) in [6.07, 6.45) is 5.33. The molecule has 0 fully saturated rings. The van der Waals surface area contributed by atoms with E-state index in [1.807, 2.05) is 20.2 Å². The summed E-state index contributed by atoms with van der Waals surface area (Å²) in [5, 5.41) is 4.03. The van der Waals surface area contributed by atoms with Gasteiger partial charge in [-0.15, -0.1) is 11.8 Å². The maximum Gasteiger partial charge on any atom is 0.143 e. The first-order valence-corrected chi connectivity index (χ1v) is 5.34. The van der Waals surface area contributed by atoms with E-state index in [0.29, 0.717) is 18.0 Å². The summed E-state index contributed by atoms with van der Waals surface area (Å²) < 4.78 is 1.74. The zero-order chi connectivity index (χ0) is 9.68. The molecule has 1 aromatic rings. The molecule has 0 N–H and O–H groups in total. The summed E-state index contributed by atoms with van der Waals surface area (Å²) in [5.74, 6) is 0.885. The first-order valence-electron chi connectivity index (χ1n) is 4.35. The van der Waals surface area contributed by atoms with E-state index in [-0.39, 0.29) is 0 Å². The van der Waals surface area contributed by atoms with E-state index in [1.165, 1.54) is 0 Å². The highest BCUT2D eigenvalue weighted by Gasteiger charge is 2.02. The molecule has 13 heavy (non-hydrogen) atoms. The highest BCUT2D eigenvalue weighted by atomic mass is 32.2. The minimum absolute atomic E-state index is 0.316. The Labute approximate surface area is 82.5 Å². The molecule has 1 heterocycles. The number of thioether (sulfide) groups is 1. The lowest BCUT2D eigenvalue weighted by molar-refractivity contribution is -0.116. The van der Waals surface area contributed by atoms with E-state index in [9.17, 15) is 4.79 Å². The third-order valence-corrected chi connectivity index (χ3v) is 2.62. The number of aromatic nitrogens is 2. The van der Waals surface area contributed by atoms with Crippen LogP contribution in [0.2, 0.25) is 0 Å². The maximum atomic E-state index is 11.2. The summed E-state index contributed by atoms with van der Waals surface area (Å²) in [6, 6.07) is 0. The molecule has 0 aliphatic carbocycles. The quantitative estimate of drug-likeness (QED) is 0.678. The van der Waals surface area contributed by atoms with Gasteiger partial charge in [-0.05, 0) is 6.42 Å². The van der Waals surface area contributed by atoms with Crippen molar-refractivity contribution in [2.45, 2.75) is 24.7 Å². The van der Waals surface area contributed by atoms with Gasteiger partial charge in [0.15, 0.2) is 0 Å². The summed E-state index contributed by atoms with van der Waals surface area (Å²) in [4.78, 5) is 12.2. The highest BCUT2D eigenvalue weighted by molar-refractivity contribution is 8.00. The van der Waals surface area contributed by atoms with E-state index in [1.54, 1.807) is 22.6 Å². The molecule has 72 valence electrons. The number of hydrogen-bond donors (Lipinski definition) is 0. The van der Waals surface area contributed by atoms with Gasteiger partial charge in [-0.3, -0.25) is 9.48 Å². The number of hydrogen-bond acceptors (Lipinski definition) is 3. The van der Waals surface area contributed by atoms with Gasteiger partial charge < -0.3 is 0 Å². The summed E-state index contributed by atoms with van der Waals surface area (Å²) in [7, 11) is 1.87. The molecule has 0 unspecified atom stereocenters. The van der Waals surface area contributed by atoms with E-state index in [2.05, 4.69) is 5.10 Å². The van der Waals surface area contributed by atoms with Crippen LogP contribution in [0.3, 0.4) is 0 Å². The predicted octanol–water partition coefficient (Wildman–Crippen LogP) is 1.88. The van der Waals surface area contributed by atoms with Crippen molar-refractivity contribution < 1.29 is 4.79 Å². The first kappa shape index (κ1) is 10.3. The van der Waals surface area contributed by atoms with Gasteiger partial charge in [-0.25, -0.2) is 0 Å². The number of rotatable bonds is 5. The molecule has 0 atom stereocenters. The van der Waals surface area contributed by atoms with Crippen LogP contribution < -0.4 is 0 Å². The molecule has 3 nitrogen and oxygen atoms in total. The van der Waals surface area contributed by atoms with Crippen LogP contribution >= 0.6 is 11.8 Å². The van der Waals surface area contributed by atoms with Crippen LogP contribution in [0.1, 0.15) is 19.8 Å². The lowest BCUT2D eigenvalue weighted by atomic mass is 10.3. The highest BCUT2D eigenvalue weighted by Crippen LogP contribution is 2.16. The SMILES string of the molecule is CCCC(=O)CSc1cnn(C)c1. The molecule has 4 heteroatoms. The van der Waals surface area contributed by atoms with Crippen LogP contribution in [0.5, 0.6) is 0 Å². The van der Waals surface area contributed by atoms with Gasteiger partial charge in [0.05, 0.1) is 11.9 Å². The van der Waals surface area contributed by atoms with Crippen LogP contribution in [-0.4, -0.2) is 21.3 Å². The van der Waals surface area contributed by atoms with Gasteiger partial charge in [0, 0.05) is 24.6 Å². The molecular formula is C9H14N2OS. The van der Waals surface area contributed by atoms with Crippen LogP contribution in [-0.2, 0) is 11.8 Å². The maximum absolute atomic E-state index is 11.2. The fraction of sp³-hybridized carbons (Fsp3) is 0.556. The average molecular weight is 198 g/mol. The van der Waals surface area contributed by atoms with Gasteiger partial charge in [0.2, 0.25) is 0 Å². The minimum atomic E-state index is 0.316. The minimum Gasteiger partial charge on any atom is -0.299 e. The van der Waals surface area contributed by atoms with Gasteiger partial charge in [-0.1, -0.05) is 6.92 Å². The molecule has 0 spiro atoms. The fourth-order valence-electron chi connectivity index (χ4n) is 0.988. The third kappa shape index (κ3) is 3.63. The smallest absolute Gasteiger partial charge is 0.143 e. The number of carbonyl (C=O) groups is 1. The normalized spacial score (nSPS) is 10.3. The zero-order valence-corrected chi connectivity index (χ0v) is 8.80. The lowest BCUT2D eigenvalue weighted by Crippen LogP contribution is -1.99. The van der Waals surface area contributed by atoms with Crippen molar-refractivity contribution in [1.82, 2.24) is 9.78 Å². The van der Waals surface area contributed by atoms with Crippen LogP contribution in [0.15, 0.2) is 17.3 Å².